The van der Waals surface area contributed by atoms with Gasteiger partial charge in [0.05, 0.1) is 13.3 Å². The number of nitrogens with two attached hydrogens (primary N) is 2. The first-order valence-electron chi connectivity index (χ1n) is 4.80. The normalized spacial score (nSPS) is 12.8. The molecule has 17 heavy (non-hydrogen) atoms. The topological polar surface area (TPSA) is 104 Å². The predicted molar refractivity (Wildman–Crippen MR) is 62.5 cm³/mol. The molecule has 0 saturated carbocycles. The monoisotopic (exact) mass is 236 g/mol. The SMILES string of the molecule is COc1cc(/C=N\N=C(N)N)cc2c1OCO2. The minimum Gasteiger partial charge on any atom is -0.493 e. The summed E-state index contributed by atoms with van der Waals surface area (Å²) in [6.07, 6.45) is 1.49. The number of hydrogen-bond donors (Lipinski definition) is 2. The third kappa shape index (κ3) is 2.39. The van der Waals surface area contributed by atoms with Crippen LogP contribution in [0.3, 0.4) is 0 Å². The lowest BCUT2D eigenvalue weighted by Crippen LogP contribution is -2.21. The van der Waals surface area contributed by atoms with Crippen molar-refractivity contribution in [2.75, 3.05) is 13.9 Å². The summed E-state index contributed by atoms with van der Waals surface area (Å²) >= 11 is 0. The van der Waals surface area contributed by atoms with Gasteiger partial charge in [0.1, 0.15) is 0 Å². The second kappa shape index (κ2) is 4.60. The zero-order valence-electron chi connectivity index (χ0n) is 9.21. The lowest BCUT2D eigenvalue weighted by atomic mass is 10.2. The summed E-state index contributed by atoms with van der Waals surface area (Å²) in [5, 5.41) is 7.20. The summed E-state index contributed by atoms with van der Waals surface area (Å²) in [6.45, 7) is 0.181. The van der Waals surface area contributed by atoms with Gasteiger partial charge in [0.2, 0.25) is 18.5 Å². The first kappa shape index (κ1) is 11.1. The summed E-state index contributed by atoms with van der Waals surface area (Å²) in [5.41, 5.74) is 11.0. The fraction of sp³-hybridized carbons (Fsp3) is 0.200. The molecule has 1 aliphatic heterocycles. The van der Waals surface area contributed by atoms with Gasteiger partial charge in [0.15, 0.2) is 11.5 Å². The Morgan fingerprint density at radius 1 is 1.41 bits per heavy atom. The maximum absolute atomic E-state index is 5.26. The molecule has 0 spiro atoms. The molecule has 1 aromatic rings. The van der Waals surface area contributed by atoms with Crippen molar-refractivity contribution >= 4 is 12.2 Å². The Bertz CT molecular complexity index is 481. The van der Waals surface area contributed by atoms with Crippen LogP contribution >= 0.6 is 0 Å². The van der Waals surface area contributed by atoms with Gasteiger partial charge in [-0.1, -0.05) is 0 Å². The molecule has 0 atom stereocenters. The number of hydrogen-bond acceptors (Lipinski definition) is 5. The standard InChI is InChI=1S/C10H12N4O3/c1-15-7-2-6(4-13-14-10(11)12)3-8-9(7)17-5-16-8/h2-4H,5H2,1H3,(H4,11,12,14)/b13-4-. The molecule has 0 unspecified atom stereocenters. The van der Waals surface area contributed by atoms with Crippen molar-refractivity contribution in [1.29, 1.82) is 0 Å². The molecule has 90 valence electrons. The second-order valence-corrected chi connectivity index (χ2v) is 3.23. The number of methoxy groups -OCH3 is 1. The molecule has 0 fully saturated rings. The molecule has 1 heterocycles. The molecule has 7 heteroatoms. The van der Waals surface area contributed by atoms with E-state index in [1.54, 1.807) is 19.2 Å². The minimum atomic E-state index is -0.103. The van der Waals surface area contributed by atoms with Crippen molar-refractivity contribution in [3.8, 4) is 17.2 Å². The van der Waals surface area contributed by atoms with Crippen LogP contribution in [-0.4, -0.2) is 26.1 Å². The van der Waals surface area contributed by atoms with E-state index in [1.165, 1.54) is 6.21 Å². The lowest BCUT2D eigenvalue weighted by molar-refractivity contribution is 0.171. The molecule has 0 amide bonds. The highest BCUT2D eigenvalue weighted by Gasteiger charge is 2.19. The van der Waals surface area contributed by atoms with Crippen molar-refractivity contribution in [2.24, 2.45) is 21.7 Å². The highest BCUT2D eigenvalue weighted by Crippen LogP contribution is 2.41. The second-order valence-electron chi connectivity index (χ2n) is 3.23. The van der Waals surface area contributed by atoms with Gasteiger partial charge in [-0.3, -0.25) is 0 Å². The van der Waals surface area contributed by atoms with Gasteiger partial charge in [0.25, 0.3) is 0 Å². The molecule has 0 saturated heterocycles. The quantitative estimate of drug-likeness (QED) is 0.437. The molecule has 1 aliphatic rings. The van der Waals surface area contributed by atoms with Crippen molar-refractivity contribution in [2.45, 2.75) is 0 Å². The van der Waals surface area contributed by atoms with Crippen LogP contribution in [0.5, 0.6) is 17.2 Å². The van der Waals surface area contributed by atoms with Crippen LogP contribution in [0.15, 0.2) is 22.3 Å². The Balaban J connectivity index is 2.30. The van der Waals surface area contributed by atoms with E-state index in [4.69, 9.17) is 25.7 Å². The van der Waals surface area contributed by atoms with Gasteiger partial charge >= 0.3 is 0 Å². The summed E-state index contributed by atoms with van der Waals surface area (Å²) < 4.78 is 15.7. The molecule has 2 rings (SSSR count). The van der Waals surface area contributed by atoms with Crippen LogP contribution in [0.25, 0.3) is 0 Å². The van der Waals surface area contributed by atoms with E-state index in [0.717, 1.165) is 5.56 Å². The van der Waals surface area contributed by atoms with Gasteiger partial charge in [0, 0.05) is 5.56 Å². The lowest BCUT2D eigenvalue weighted by Gasteiger charge is -2.05. The van der Waals surface area contributed by atoms with Crippen molar-refractivity contribution in [3.63, 3.8) is 0 Å². The summed E-state index contributed by atoms with van der Waals surface area (Å²) in [6, 6.07) is 3.51. The minimum absolute atomic E-state index is 0.103. The third-order valence-corrected chi connectivity index (χ3v) is 2.06. The van der Waals surface area contributed by atoms with Crippen LogP contribution < -0.4 is 25.7 Å². The van der Waals surface area contributed by atoms with E-state index in [-0.39, 0.29) is 12.8 Å². The van der Waals surface area contributed by atoms with Crippen LogP contribution in [0.4, 0.5) is 0 Å². The van der Waals surface area contributed by atoms with Gasteiger partial charge in [-0.05, 0) is 12.1 Å². The predicted octanol–water partition coefficient (Wildman–Crippen LogP) is 0.0312. The number of nitrogens with zero attached hydrogens (tertiary/aromatic N) is 2. The van der Waals surface area contributed by atoms with Crippen molar-refractivity contribution < 1.29 is 14.2 Å². The smallest absolute Gasteiger partial charge is 0.231 e. The molecule has 7 nitrogen and oxygen atoms in total. The fourth-order valence-electron chi connectivity index (χ4n) is 1.39. The molecule has 0 radical (unpaired) electrons. The summed E-state index contributed by atoms with van der Waals surface area (Å²) in [4.78, 5) is 0. The number of benzene rings is 1. The molecule has 1 aromatic carbocycles. The van der Waals surface area contributed by atoms with Crippen LogP contribution in [0.1, 0.15) is 5.56 Å². The van der Waals surface area contributed by atoms with Crippen LogP contribution in [-0.2, 0) is 0 Å². The van der Waals surface area contributed by atoms with Gasteiger partial charge < -0.3 is 25.7 Å². The van der Waals surface area contributed by atoms with E-state index >= 15 is 0 Å². The summed E-state index contributed by atoms with van der Waals surface area (Å²) in [5.74, 6) is 1.67. The van der Waals surface area contributed by atoms with Gasteiger partial charge in [-0.15, -0.1) is 5.10 Å². The molecule has 0 bridgehead atoms. The van der Waals surface area contributed by atoms with Gasteiger partial charge in [-0.25, -0.2) is 0 Å². The maximum atomic E-state index is 5.26. The first-order valence-corrected chi connectivity index (χ1v) is 4.80. The van der Waals surface area contributed by atoms with Crippen molar-refractivity contribution in [3.05, 3.63) is 17.7 Å². The molecule has 4 N–H and O–H groups in total. The first-order chi connectivity index (χ1) is 8.20. The number of ether oxygens (including phenoxy) is 3. The Morgan fingerprint density at radius 2 is 2.24 bits per heavy atom. The Morgan fingerprint density at radius 3 is 2.94 bits per heavy atom. The number of guanidine groups is 1. The van der Waals surface area contributed by atoms with E-state index in [2.05, 4.69) is 10.2 Å². The van der Waals surface area contributed by atoms with E-state index in [1.807, 2.05) is 0 Å². The molecule has 0 aliphatic carbocycles. The molecular weight excluding hydrogens is 224 g/mol. The third-order valence-electron chi connectivity index (χ3n) is 2.06. The average Bonchev–Trinajstić information content (AvgIpc) is 2.75. The van der Waals surface area contributed by atoms with Crippen LogP contribution in [0.2, 0.25) is 0 Å². The fourth-order valence-corrected chi connectivity index (χ4v) is 1.39. The summed E-state index contributed by atoms with van der Waals surface area (Å²) in [7, 11) is 1.55. The van der Waals surface area contributed by atoms with E-state index in [9.17, 15) is 0 Å². The van der Waals surface area contributed by atoms with Crippen LogP contribution in [0, 0.1) is 0 Å². The molecule has 0 aromatic heterocycles. The average molecular weight is 236 g/mol. The molecular formula is C10H12N4O3. The van der Waals surface area contributed by atoms with E-state index in [0.29, 0.717) is 17.2 Å². The van der Waals surface area contributed by atoms with Gasteiger partial charge in [-0.2, -0.15) is 5.10 Å². The highest BCUT2D eigenvalue weighted by molar-refractivity contribution is 5.83. The number of rotatable bonds is 3. The highest BCUT2D eigenvalue weighted by atomic mass is 16.7. The Hall–Kier alpha value is -2.44. The number of fused-ring (bicyclic) bond motifs is 1. The van der Waals surface area contributed by atoms with E-state index < -0.39 is 0 Å². The van der Waals surface area contributed by atoms with Crippen molar-refractivity contribution in [1.82, 2.24) is 0 Å². The zero-order valence-corrected chi connectivity index (χ0v) is 9.21. The Labute approximate surface area is 97.7 Å². The maximum Gasteiger partial charge on any atom is 0.231 e. The largest absolute Gasteiger partial charge is 0.493 e. The zero-order chi connectivity index (χ0) is 12.3. The Kier molecular flexibility index (Phi) is 2.99.